The Kier molecular flexibility index (Phi) is 10.9. The molecule has 1 aromatic rings. The normalized spacial score (nSPS) is 12.5. The maximum Gasteiger partial charge on any atom is 0.412 e. The minimum Gasteiger partial charge on any atom is -0.491 e. The van der Waals surface area contributed by atoms with E-state index in [-0.39, 0.29) is 6.10 Å². The van der Waals surface area contributed by atoms with Crippen LogP contribution in [0.3, 0.4) is 0 Å². The number of nitrogens with zero attached hydrogens (tertiary/aromatic N) is 1. The van der Waals surface area contributed by atoms with Gasteiger partial charge in [-0.2, -0.15) is 0 Å². The number of likely N-dealkylation sites (N-methyl/N-ethyl adjacent to an activating group) is 1. The molecule has 0 spiro atoms. The summed E-state index contributed by atoms with van der Waals surface area (Å²) in [6.45, 7) is 12.0. The van der Waals surface area contributed by atoms with Crippen LogP contribution in [0.5, 0.6) is 5.75 Å². The number of unbranched alkanes of at least 4 members (excludes halogenated alkanes) is 4. The average Bonchev–Trinajstić information content (AvgIpc) is 2.65. The zero-order valence-electron chi connectivity index (χ0n) is 17.9. The Labute approximate surface area is 165 Å². The summed E-state index contributed by atoms with van der Waals surface area (Å²) in [5.41, 5.74) is 0.659. The van der Waals surface area contributed by atoms with Crippen molar-refractivity contribution in [1.82, 2.24) is 0 Å². The van der Waals surface area contributed by atoms with Gasteiger partial charge in [0.2, 0.25) is 0 Å². The standard InChI is InChI=1S/C22H38N2O3/c1-6-9-10-11-14-17-26-21-16-13-12-15-20(21)23-22(25)27-19(4)18-24(5,7-2)8-3/h12-13,15-16,19H,6-11,14,17-18H2,1-5H3/p+1. The predicted octanol–water partition coefficient (Wildman–Crippen LogP) is 5.46. The minimum atomic E-state index is -0.430. The summed E-state index contributed by atoms with van der Waals surface area (Å²) in [4.78, 5) is 12.3. The number of anilines is 1. The second-order valence-corrected chi connectivity index (χ2v) is 7.53. The Bertz CT molecular complexity index is 544. The number of carbonyl (C=O) groups is 1. The van der Waals surface area contributed by atoms with Crippen LogP contribution in [0, 0.1) is 0 Å². The highest BCUT2D eigenvalue weighted by atomic mass is 16.6. The Morgan fingerprint density at radius 1 is 1.07 bits per heavy atom. The molecule has 0 radical (unpaired) electrons. The number of para-hydroxylation sites is 2. The SMILES string of the molecule is CCCCCCCOc1ccccc1NC(=O)OC(C)C[N+](C)(CC)CC. The number of hydrogen-bond acceptors (Lipinski definition) is 3. The summed E-state index contributed by atoms with van der Waals surface area (Å²) in [7, 11) is 2.18. The van der Waals surface area contributed by atoms with E-state index in [1.165, 1.54) is 25.7 Å². The summed E-state index contributed by atoms with van der Waals surface area (Å²) >= 11 is 0. The largest absolute Gasteiger partial charge is 0.491 e. The molecule has 0 aliphatic rings. The van der Waals surface area contributed by atoms with Crippen molar-refractivity contribution >= 4 is 11.8 Å². The molecule has 1 N–H and O–H groups in total. The Balaban J connectivity index is 2.49. The van der Waals surface area contributed by atoms with E-state index < -0.39 is 6.09 Å². The molecule has 1 rings (SSSR count). The van der Waals surface area contributed by atoms with Crippen molar-refractivity contribution in [3.63, 3.8) is 0 Å². The molecule has 0 saturated carbocycles. The van der Waals surface area contributed by atoms with E-state index in [1.54, 1.807) is 0 Å². The van der Waals surface area contributed by atoms with Crippen LogP contribution in [0.4, 0.5) is 10.5 Å². The lowest BCUT2D eigenvalue weighted by atomic mass is 10.2. The molecule has 1 aromatic carbocycles. The van der Waals surface area contributed by atoms with Gasteiger partial charge in [0.25, 0.3) is 0 Å². The number of hydrogen-bond donors (Lipinski definition) is 1. The first-order valence-electron chi connectivity index (χ1n) is 10.5. The van der Waals surface area contributed by atoms with Crippen LogP contribution in [0.1, 0.15) is 59.8 Å². The molecule has 0 heterocycles. The second kappa shape index (κ2) is 12.6. The Morgan fingerprint density at radius 3 is 2.41 bits per heavy atom. The number of carbonyl (C=O) groups excluding carboxylic acids is 1. The maximum absolute atomic E-state index is 12.3. The molecule has 0 aliphatic heterocycles. The fraction of sp³-hybridized carbons (Fsp3) is 0.682. The molecule has 5 heteroatoms. The number of benzene rings is 1. The van der Waals surface area contributed by atoms with Crippen molar-refractivity contribution in [3.8, 4) is 5.75 Å². The number of amides is 1. The van der Waals surface area contributed by atoms with E-state index in [4.69, 9.17) is 9.47 Å². The van der Waals surface area contributed by atoms with Crippen molar-refractivity contribution in [1.29, 1.82) is 0 Å². The molecule has 1 atom stereocenters. The molecule has 0 saturated heterocycles. The summed E-state index contributed by atoms with van der Waals surface area (Å²) in [5, 5.41) is 2.83. The highest BCUT2D eigenvalue weighted by Gasteiger charge is 2.23. The predicted molar refractivity (Wildman–Crippen MR) is 112 cm³/mol. The van der Waals surface area contributed by atoms with E-state index in [0.29, 0.717) is 18.0 Å². The van der Waals surface area contributed by atoms with E-state index in [0.717, 1.165) is 30.5 Å². The highest BCUT2D eigenvalue weighted by Crippen LogP contribution is 2.24. The lowest BCUT2D eigenvalue weighted by Gasteiger charge is -2.34. The summed E-state index contributed by atoms with van der Waals surface area (Å²) in [6.07, 6.45) is 5.38. The third-order valence-corrected chi connectivity index (χ3v) is 5.16. The van der Waals surface area contributed by atoms with Gasteiger partial charge in [0.05, 0.1) is 32.4 Å². The zero-order chi connectivity index (χ0) is 20.1. The van der Waals surface area contributed by atoms with Gasteiger partial charge < -0.3 is 14.0 Å². The van der Waals surface area contributed by atoms with Gasteiger partial charge in [0.1, 0.15) is 18.4 Å². The molecule has 0 aromatic heterocycles. The molecule has 5 nitrogen and oxygen atoms in total. The van der Waals surface area contributed by atoms with E-state index in [1.807, 2.05) is 31.2 Å². The van der Waals surface area contributed by atoms with Gasteiger partial charge in [0, 0.05) is 0 Å². The van der Waals surface area contributed by atoms with Crippen LogP contribution in [-0.4, -0.2) is 50.0 Å². The summed E-state index contributed by atoms with van der Waals surface area (Å²) < 4.78 is 12.3. The highest BCUT2D eigenvalue weighted by molar-refractivity contribution is 5.86. The molecular formula is C22H39N2O3+. The third-order valence-electron chi connectivity index (χ3n) is 5.16. The minimum absolute atomic E-state index is 0.151. The van der Waals surface area contributed by atoms with Crippen molar-refractivity contribution in [2.45, 2.75) is 65.9 Å². The van der Waals surface area contributed by atoms with Gasteiger partial charge in [-0.05, 0) is 39.3 Å². The van der Waals surface area contributed by atoms with Crippen molar-refractivity contribution in [2.75, 3.05) is 38.6 Å². The van der Waals surface area contributed by atoms with Crippen LogP contribution in [0.15, 0.2) is 24.3 Å². The van der Waals surface area contributed by atoms with Crippen molar-refractivity contribution < 1.29 is 18.8 Å². The fourth-order valence-corrected chi connectivity index (χ4v) is 3.05. The van der Waals surface area contributed by atoms with E-state index in [9.17, 15) is 4.79 Å². The monoisotopic (exact) mass is 379 g/mol. The van der Waals surface area contributed by atoms with Crippen molar-refractivity contribution in [3.05, 3.63) is 24.3 Å². The van der Waals surface area contributed by atoms with Crippen molar-refractivity contribution in [2.24, 2.45) is 0 Å². The van der Waals surface area contributed by atoms with Gasteiger partial charge in [-0.25, -0.2) is 4.79 Å². The Hall–Kier alpha value is -1.75. The second-order valence-electron chi connectivity index (χ2n) is 7.53. The van der Waals surface area contributed by atoms with Gasteiger partial charge in [0.15, 0.2) is 0 Å². The molecule has 0 fully saturated rings. The van der Waals surface area contributed by atoms with Crippen LogP contribution < -0.4 is 10.1 Å². The number of ether oxygens (including phenoxy) is 2. The lowest BCUT2D eigenvalue weighted by Crippen LogP contribution is -2.48. The first-order valence-corrected chi connectivity index (χ1v) is 10.5. The Morgan fingerprint density at radius 2 is 1.74 bits per heavy atom. The third kappa shape index (κ3) is 9.14. The van der Waals surface area contributed by atoms with Gasteiger partial charge in [-0.15, -0.1) is 0 Å². The van der Waals surface area contributed by atoms with E-state index in [2.05, 4.69) is 33.1 Å². The summed E-state index contributed by atoms with van der Waals surface area (Å²) in [6, 6.07) is 7.52. The topological polar surface area (TPSA) is 47.6 Å². The first-order chi connectivity index (χ1) is 12.9. The van der Waals surface area contributed by atoms with Gasteiger partial charge in [-0.1, -0.05) is 44.7 Å². The molecule has 1 unspecified atom stereocenters. The zero-order valence-corrected chi connectivity index (χ0v) is 17.9. The first kappa shape index (κ1) is 23.3. The summed E-state index contributed by atoms with van der Waals surface area (Å²) in [5.74, 6) is 0.695. The van der Waals surface area contributed by atoms with Crippen LogP contribution in [0.25, 0.3) is 0 Å². The molecule has 154 valence electrons. The smallest absolute Gasteiger partial charge is 0.412 e. The van der Waals surface area contributed by atoms with Gasteiger partial charge >= 0.3 is 6.09 Å². The number of nitrogens with one attached hydrogen (secondary N) is 1. The van der Waals surface area contributed by atoms with Crippen LogP contribution in [0.2, 0.25) is 0 Å². The molecule has 0 aliphatic carbocycles. The molecule has 1 amide bonds. The molecule has 27 heavy (non-hydrogen) atoms. The lowest BCUT2D eigenvalue weighted by molar-refractivity contribution is -0.908. The molecule has 0 bridgehead atoms. The van der Waals surface area contributed by atoms with Crippen LogP contribution >= 0.6 is 0 Å². The average molecular weight is 380 g/mol. The van der Waals surface area contributed by atoms with E-state index >= 15 is 0 Å². The van der Waals surface area contributed by atoms with Crippen LogP contribution in [-0.2, 0) is 4.74 Å². The number of rotatable bonds is 13. The van der Waals surface area contributed by atoms with Gasteiger partial charge in [-0.3, -0.25) is 5.32 Å². The fourth-order valence-electron chi connectivity index (χ4n) is 3.05. The quantitative estimate of drug-likeness (QED) is 0.366. The maximum atomic E-state index is 12.3. The number of quaternary nitrogens is 1. The molecular weight excluding hydrogens is 340 g/mol.